The molecule has 1 aromatic rings. The van der Waals surface area contributed by atoms with Gasteiger partial charge in [0.1, 0.15) is 5.69 Å². The van der Waals surface area contributed by atoms with E-state index in [1.165, 1.54) is 12.8 Å². The lowest BCUT2D eigenvalue weighted by atomic mass is 9.96. The number of aromatic nitrogens is 1. The van der Waals surface area contributed by atoms with Gasteiger partial charge in [0.2, 0.25) is 0 Å². The molecule has 3 N–H and O–H groups in total. The van der Waals surface area contributed by atoms with Gasteiger partial charge >= 0.3 is 0 Å². The summed E-state index contributed by atoms with van der Waals surface area (Å²) in [6, 6.07) is 3.58. The van der Waals surface area contributed by atoms with Gasteiger partial charge in [0.25, 0.3) is 5.91 Å². The summed E-state index contributed by atoms with van der Waals surface area (Å²) in [6.07, 6.45) is 6.40. The Bertz CT molecular complexity index is 449. The van der Waals surface area contributed by atoms with E-state index in [2.05, 4.69) is 29.3 Å². The van der Waals surface area contributed by atoms with Crippen molar-refractivity contribution in [1.29, 1.82) is 0 Å². The minimum Gasteiger partial charge on any atom is -0.349 e. The van der Waals surface area contributed by atoms with Crippen LogP contribution in [0, 0.1) is 0 Å². The molecule has 1 aliphatic rings. The van der Waals surface area contributed by atoms with Crippen LogP contribution in [-0.4, -0.2) is 42.0 Å². The highest BCUT2D eigenvalue weighted by atomic mass is 16.1. The van der Waals surface area contributed by atoms with Crippen LogP contribution in [0.4, 0.5) is 0 Å². The Balaban J connectivity index is 1.97. The SMILES string of the molecule is CN(C)C1(CNC(=O)c2ccc(CN)cn2)CCCC1. The van der Waals surface area contributed by atoms with E-state index in [-0.39, 0.29) is 11.4 Å². The summed E-state index contributed by atoms with van der Waals surface area (Å²) in [5.41, 5.74) is 7.01. The smallest absolute Gasteiger partial charge is 0.269 e. The van der Waals surface area contributed by atoms with Gasteiger partial charge in [0, 0.05) is 24.8 Å². The van der Waals surface area contributed by atoms with Gasteiger partial charge in [-0.05, 0) is 38.6 Å². The largest absolute Gasteiger partial charge is 0.349 e. The molecule has 1 aromatic heterocycles. The summed E-state index contributed by atoms with van der Waals surface area (Å²) in [4.78, 5) is 18.5. The number of pyridine rings is 1. The Morgan fingerprint density at radius 1 is 1.40 bits per heavy atom. The number of nitrogens with zero attached hydrogens (tertiary/aromatic N) is 2. The first-order chi connectivity index (χ1) is 9.57. The van der Waals surface area contributed by atoms with Crippen LogP contribution in [-0.2, 0) is 6.54 Å². The van der Waals surface area contributed by atoms with Gasteiger partial charge in [-0.3, -0.25) is 9.78 Å². The first-order valence-electron chi connectivity index (χ1n) is 7.18. The molecule has 110 valence electrons. The third-order valence-electron chi connectivity index (χ3n) is 4.35. The zero-order valence-electron chi connectivity index (χ0n) is 12.4. The molecule has 0 radical (unpaired) electrons. The second kappa shape index (κ2) is 6.33. The average molecular weight is 276 g/mol. The maximum Gasteiger partial charge on any atom is 0.269 e. The predicted molar refractivity (Wildman–Crippen MR) is 79.3 cm³/mol. The number of carbonyl (C=O) groups is 1. The molecule has 5 heteroatoms. The molecule has 0 spiro atoms. The van der Waals surface area contributed by atoms with Gasteiger partial charge in [-0.25, -0.2) is 0 Å². The molecule has 5 nitrogen and oxygen atoms in total. The van der Waals surface area contributed by atoms with E-state index in [1.807, 2.05) is 6.07 Å². The summed E-state index contributed by atoms with van der Waals surface area (Å²) in [6.45, 7) is 1.12. The van der Waals surface area contributed by atoms with Gasteiger partial charge in [-0.2, -0.15) is 0 Å². The number of likely N-dealkylation sites (N-methyl/N-ethyl adjacent to an activating group) is 1. The van der Waals surface area contributed by atoms with E-state index in [1.54, 1.807) is 12.3 Å². The Morgan fingerprint density at radius 2 is 2.10 bits per heavy atom. The van der Waals surface area contributed by atoms with Gasteiger partial charge in [0.05, 0.1) is 0 Å². The van der Waals surface area contributed by atoms with E-state index in [0.29, 0.717) is 18.8 Å². The van der Waals surface area contributed by atoms with Crippen LogP contribution in [0.25, 0.3) is 0 Å². The Kier molecular flexibility index (Phi) is 4.73. The fraction of sp³-hybridized carbons (Fsp3) is 0.600. The van der Waals surface area contributed by atoms with Crippen molar-refractivity contribution in [2.24, 2.45) is 5.73 Å². The van der Waals surface area contributed by atoms with Crippen molar-refractivity contribution in [3.05, 3.63) is 29.6 Å². The van der Waals surface area contributed by atoms with E-state index in [4.69, 9.17) is 5.73 Å². The highest BCUT2D eigenvalue weighted by Crippen LogP contribution is 2.33. The molecule has 0 aromatic carbocycles. The molecule has 0 saturated heterocycles. The molecule has 0 aliphatic heterocycles. The summed E-state index contributed by atoms with van der Waals surface area (Å²) in [7, 11) is 4.18. The summed E-state index contributed by atoms with van der Waals surface area (Å²) < 4.78 is 0. The van der Waals surface area contributed by atoms with Crippen molar-refractivity contribution in [1.82, 2.24) is 15.2 Å². The van der Waals surface area contributed by atoms with Crippen molar-refractivity contribution < 1.29 is 4.79 Å². The van der Waals surface area contributed by atoms with Crippen LogP contribution in [0.2, 0.25) is 0 Å². The van der Waals surface area contributed by atoms with Crippen LogP contribution in [0.3, 0.4) is 0 Å². The number of rotatable bonds is 5. The van der Waals surface area contributed by atoms with E-state index in [9.17, 15) is 4.79 Å². The van der Waals surface area contributed by atoms with Crippen LogP contribution in [0.15, 0.2) is 18.3 Å². The Labute approximate surface area is 120 Å². The third kappa shape index (κ3) is 3.16. The number of nitrogens with one attached hydrogen (secondary N) is 1. The van der Waals surface area contributed by atoms with Crippen molar-refractivity contribution >= 4 is 5.91 Å². The fourth-order valence-corrected chi connectivity index (χ4v) is 2.83. The fourth-order valence-electron chi connectivity index (χ4n) is 2.83. The number of hydrogen-bond acceptors (Lipinski definition) is 4. The summed E-state index contributed by atoms with van der Waals surface area (Å²) >= 11 is 0. The van der Waals surface area contributed by atoms with Crippen LogP contribution < -0.4 is 11.1 Å². The molecule has 1 saturated carbocycles. The zero-order chi connectivity index (χ0) is 14.6. The van der Waals surface area contributed by atoms with Gasteiger partial charge in [0.15, 0.2) is 0 Å². The minimum absolute atomic E-state index is 0.104. The van der Waals surface area contributed by atoms with Crippen LogP contribution >= 0.6 is 0 Å². The summed E-state index contributed by atoms with van der Waals surface area (Å²) in [5.74, 6) is -0.110. The molecule has 0 unspecified atom stereocenters. The Morgan fingerprint density at radius 3 is 2.60 bits per heavy atom. The van der Waals surface area contributed by atoms with Crippen LogP contribution in [0.5, 0.6) is 0 Å². The van der Waals surface area contributed by atoms with Crippen molar-refractivity contribution in [3.8, 4) is 0 Å². The molecule has 20 heavy (non-hydrogen) atoms. The quantitative estimate of drug-likeness (QED) is 0.846. The second-order valence-corrected chi connectivity index (χ2v) is 5.76. The Hall–Kier alpha value is -1.46. The van der Waals surface area contributed by atoms with Crippen molar-refractivity contribution in [2.75, 3.05) is 20.6 Å². The monoisotopic (exact) mass is 276 g/mol. The number of hydrogen-bond donors (Lipinski definition) is 2. The second-order valence-electron chi connectivity index (χ2n) is 5.76. The van der Waals surface area contributed by atoms with Gasteiger partial charge in [-0.1, -0.05) is 18.9 Å². The molecular weight excluding hydrogens is 252 g/mol. The third-order valence-corrected chi connectivity index (χ3v) is 4.35. The molecular formula is C15H24N4O. The summed E-state index contributed by atoms with van der Waals surface area (Å²) in [5, 5.41) is 3.03. The van der Waals surface area contributed by atoms with E-state index < -0.39 is 0 Å². The lowest BCUT2D eigenvalue weighted by molar-refractivity contribution is 0.0895. The average Bonchev–Trinajstić information content (AvgIpc) is 2.95. The maximum absolute atomic E-state index is 12.1. The zero-order valence-corrected chi connectivity index (χ0v) is 12.4. The van der Waals surface area contributed by atoms with Gasteiger partial charge in [-0.15, -0.1) is 0 Å². The highest BCUT2D eigenvalue weighted by molar-refractivity contribution is 5.92. The van der Waals surface area contributed by atoms with E-state index >= 15 is 0 Å². The molecule has 0 bridgehead atoms. The molecule has 0 atom stereocenters. The molecule has 1 heterocycles. The van der Waals surface area contributed by atoms with Crippen molar-refractivity contribution in [2.45, 2.75) is 37.8 Å². The first-order valence-corrected chi connectivity index (χ1v) is 7.18. The number of nitrogens with two attached hydrogens (primary N) is 1. The van der Waals surface area contributed by atoms with Gasteiger partial charge < -0.3 is 16.0 Å². The maximum atomic E-state index is 12.1. The van der Waals surface area contributed by atoms with Crippen LogP contribution in [0.1, 0.15) is 41.7 Å². The molecule has 1 fully saturated rings. The lowest BCUT2D eigenvalue weighted by Gasteiger charge is -2.36. The number of amides is 1. The highest BCUT2D eigenvalue weighted by Gasteiger charge is 2.36. The lowest BCUT2D eigenvalue weighted by Crippen LogP contribution is -2.50. The van der Waals surface area contributed by atoms with Crippen molar-refractivity contribution in [3.63, 3.8) is 0 Å². The minimum atomic E-state index is -0.110. The number of carbonyl (C=O) groups excluding carboxylic acids is 1. The normalized spacial score (nSPS) is 17.4. The predicted octanol–water partition coefficient (Wildman–Crippen LogP) is 1.14. The standard InChI is InChI=1S/C15H24N4O/c1-19(2)15(7-3-4-8-15)11-18-14(20)13-6-5-12(9-16)10-17-13/h5-6,10H,3-4,7-9,11,16H2,1-2H3,(H,18,20). The molecule has 1 aliphatic carbocycles. The molecule has 1 amide bonds. The first kappa shape index (κ1) is 14.9. The topological polar surface area (TPSA) is 71.2 Å². The van der Waals surface area contributed by atoms with E-state index in [0.717, 1.165) is 18.4 Å². The molecule has 2 rings (SSSR count).